The lowest BCUT2D eigenvalue weighted by atomic mass is 9.82. The van der Waals surface area contributed by atoms with Gasteiger partial charge in [-0.1, -0.05) is 6.07 Å². The summed E-state index contributed by atoms with van der Waals surface area (Å²) in [7, 11) is 2.91. The number of benzene rings is 2. The molecule has 0 saturated carbocycles. The Labute approximate surface area is 202 Å². The minimum absolute atomic E-state index is 0.0376. The van der Waals surface area contributed by atoms with Gasteiger partial charge in [-0.25, -0.2) is 0 Å². The van der Waals surface area contributed by atoms with E-state index in [9.17, 15) is 27.9 Å². The Kier molecular flexibility index (Phi) is 6.69. The van der Waals surface area contributed by atoms with E-state index in [4.69, 9.17) is 9.47 Å². The minimum atomic E-state index is -4.53. The van der Waals surface area contributed by atoms with Crippen LogP contribution in [0.5, 0.6) is 11.5 Å². The summed E-state index contributed by atoms with van der Waals surface area (Å²) in [5.41, 5.74) is -0.158. The van der Waals surface area contributed by atoms with Crippen molar-refractivity contribution in [3.8, 4) is 11.5 Å². The third kappa shape index (κ3) is 4.31. The van der Waals surface area contributed by atoms with Crippen molar-refractivity contribution >= 4 is 41.1 Å². The van der Waals surface area contributed by atoms with Crippen LogP contribution in [0.3, 0.4) is 0 Å². The molecule has 34 heavy (non-hydrogen) atoms. The van der Waals surface area contributed by atoms with Gasteiger partial charge in [0.05, 0.1) is 36.3 Å². The summed E-state index contributed by atoms with van der Waals surface area (Å²) < 4.78 is 49.1. The number of rotatable bonds is 5. The van der Waals surface area contributed by atoms with E-state index in [1.807, 2.05) is 0 Å². The van der Waals surface area contributed by atoms with Crippen molar-refractivity contribution in [3.63, 3.8) is 0 Å². The first-order chi connectivity index (χ1) is 16.1. The van der Waals surface area contributed by atoms with Gasteiger partial charge in [0.15, 0.2) is 11.5 Å². The highest BCUT2D eigenvalue weighted by Gasteiger charge is 2.58. The molecule has 11 heteroatoms. The Morgan fingerprint density at radius 1 is 1.06 bits per heavy atom. The number of thioether (sulfide) groups is 2. The number of amides is 1. The molecule has 182 valence electrons. The normalized spacial score (nSPS) is 22.1. The molecule has 2 atom stereocenters. The molecule has 6 nitrogen and oxygen atoms in total. The summed E-state index contributed by atoms with van der Waals surface area (Å²) in [5, 5.41) is 10.4. The van der Waals surface area contributed by atoms with Crippen molar-refractivity contribution in [2.75, 3.05) is 30.6 Å². The molecule has 0 unspecified atom stereocenters. The van der Waals surface area contributed by atoms with E-state index in [-0.39, 0.29) is 18.0 Å². The third-order valence-electron chi connectivity index (χ3n) is 6.00. The first kappa shape index (κ1) is 24.6. The van der Waals surface area contributed by atoms with Crippen molar-refractivity contribution in [2.45, 2.75) is 22.7 Å². The van der Waals surface area contributed by atoms with E-state index in [1.54, 1.807) is 18.2 Å². The summed E-state index contributed by atoms with van der Waals surface area (Å²) in [6.07, 6.45) is -4.57. The summed E-state index contributed by atoms with van der Waals surface area (Å²) in [6, 6.07) is 8.15. The number of anilines is 1. The molecule has 0 radical (unpaired) electrons. The van der Waals surface area contributed by atoms with E-state index in [0.29, 0.717) is 28.6 Å². The zero-order chi connectivity index (χ0) is 24.7. The van der Waals surface area contributed by atoms with Gasteiger partial charge in [-0.3, -0.25) is 9.59 Å². The standard InChI is InChI=1S/C23H22F3NO5S2/c1-31-16-8-3-13(11-17(16)32-2)20-19(21(29)30)22(33-9-10-34-22)12-18(28)27(20)15-6-4-14(5-7-15)23(24,25)26/h3-8,11,19-20H,9-10,12H2,1-2H3,(H,29,30)/t19-,20+/m1/s1. The fraction of sp³-hybridized carbons (Fsp3) is 0.391. The average molecular weight is 514 g/mol. The number of hydrogen-bond acceptors (Lipinski definition) is 6. The van der Waals surface area contributed by atoms with Crippen LogP contribution in [-0.4, -0.2) is 46.8 Å². The molecular weight excluding hydrogens is 491 g/mol. The van der Waals surface area contributed by atoms with E-state index in [2.05, 4.69) is 0 Å². The highest BCUT2D eigenvalue weighted by atomic mass is 32.2. The molecule has 2 aliphatic rings. The molecule has 2 aromatic rings. The van der Waals surface area contributed by atoms with Crippen LogP contribution in [0.1, 0.15) is 23.6 Å². The maximum absolute atomic E-state index is 13.5. The van der Waals surface area contributed by atoms with Crippen LogP contribution in [0.2, 0.25) is 0 Å². The molecule has 0 aliphatic carbocycles. The van der Waals surface area contributed by atoms with Gasteiger partial charge >= 0.3 is 12.1 Å². The van der Waals surface area contributed by atoms with Gasteiger partial charge in [0.1, 0.15) is 5.92 Å². The summed E-state index contributed by atoms with van der Waals surface area (Å²) in [5.74, 6) is -0.231. The highest BCUT2D eigenvalue weighted by molar-refractivity contribution is 8.21. The Morgan fingerprint density at radius 2 is 1.68 bits per heavy atom. The quantitative estimate of drug-likeness (QED) is 0.598. The van der Waals surface area contributed by atoms with Gasteiger partial charge in [-0.05, 0) is 42.0 Å². The number of nitrogens with zero attached hydrogens (tertiary/aromatic N) is 1. The molecule has 2 saturated heterocycles. The maximum atomic E-state index is 13.5. The number of ether oxygens (including phenoxy) is 2. The van der Waals surface area contributed by atoms with Gasteiger partial charge in [-0.2, -0.15) is 13.2 Å². The largest absolute Gasteiger partial charge is 0.493 e. The summed E-state index contributed by atoms with van der Waals surface area (Å²) >= 11 is 2.91. The number of carboxylic acid groups (broad SMARTS) is 1. The smallest absolute Gasteiger partial charge is 0.416 e. The molecule has 0 aromatic heterocycles. The highest BCUT2D eigenvalue weighted by Crippen LogP contribution is 2.59. The molecular formula is C23H22F3NO5S2. The lowest BCUT2D eigenvalue weighted by Gasteiger charge is -2.48. The second-order valence-corrected chi connectivity index (χ2v) is 11.0. The molecule has 1 N–H and O–H groups in total. The minimum Gasteiger partial charge on any atom is -0.493 e. The Morgan fingerprint density at radius 3 is 2.21 bits per heavy atom. The molecule has 2 fully saturated rings. The van der Waals surface area contributed by atoms with Crippen molar-refractivity contribution in [1.29, 1.82) is 0 Å². The fourth-order valence-electron chi connectivity index (χ4n) is 4.52. The molecule has 1 spiro atoms. The molecule has 0 bridgehead atoms. The number of halogens is 3. The van der Waals surface area contributed by atoms with E-state index in [0.717, 1.165) is 12.1 Å². The summed E-state index contributed by atoms with van der Waals surface area (Å²) in [6.45, 7) is 0. The number of piperidine rings is 1. The van der Waals surface area contributed by atoms with Crippen molar-refractivity contribution < 1.29 is 37.3 Å². The van der Waals surface area contributed by atoms with Crippen LogP contribution in [0.25, 0.3) is 0 Å². The number of alkyl halides is 3. The average Bonchev–Trinajstić information content (AvgIpc) is 3.25. The first-order valence-electron chi connectivity index (χ1n) is 10.3. The van der Waals surface area contributed by atoms with Crippen LogP contribution < -0.4 is 14.4 Å². The van der Waals surface area contributed by atoms with Crippen LogP contribution in [0.15, 0.2) is 42.5 Å². The number of carbonyl (C=O) groups excluding carboxylic acids is 1. The lowest BCUT2D eigenvalue weighted by molar-refractivity contribution is -0.144. The number of carbonyl (C=O) groups is 2. The zero-order valence-electron chi connectivity index (χ0n) is 18.3. The van der Waals surface area contributed by atoms with Crippen molar-refractivity contribution in [3.05, 3.63) is 53.6 Å². The third-order valence-corrected chi connectivity index (χ3v) is 9.55. The van der Waals surface area contributed by atoms with E-state index >= 15 is 0 Å². The van der Waals surface area contributed by atoms with Gasteiger partial charge in [0.25, 0.3) is 0 Å². The maximum Gasteiger partial charge on any atom is 0.416 e. The van der Waals surface area contributed by atoms with Gasteiger partial charge < -0.3 is 19.5 Å². The molecule has 2 heterocycles. The van der Waals surface area contributed by atoms with Crippen LogP contribution in [-0.2, 0) is 15.8 Å². The van der Waals surface area contributed by atoms with Crippen molar-refractivity contribution in [1.82, 2.24) is 0 Å². The lowest BCUT2D eigenvalue weighted by Crippen LogP contribution is -2.55. The van der Waals surface area contributed by atoms with Crippen LogP contribution >= 0.6 is 23.5 Å². The molecule has 2 aliphatic heterocycles. The zero-order valence-corrected chi connectivity index (χ0v) is 19.9. The van der Waals surface area contributed by atoms with Gasteiger partial charge in [0.2, 0.25) is 5.91 Å². The Hall–Kier alpha value is -2.53. The van der Waals surface area contributed by atoms with Gasteiger partial charge in [-0.15, -0.1) is 23.5 Å². The van der Waals surface area contributed by atoms with Crippen LogP contribution in [0, 0.1) is 5.92 Å². The Balaban J connectivity index is 1.88. The number of methoxy groups -OCH3 is 2. The van der Waals surface area contributed by atoms with E-state index in [1.165, 1.54) is 54.8 Å². The monoisotopic (exact) mass is 513 g/mol. The number of aliphatic carboxylic acids is 1. The second-order valence-electron chi connectivity index (χ2n) is 7.87. The predicted octanol–water partition coefficient (Wildman–Crippen LogP) is 5.08. The predicted molar refractivity (Wildman–Crippen MR) is 125 cm³/mol. The molecule has 4 rings (SSSR count). The first-order valence-corrected chi connectivity index (χ1v) is 12.3. The van der Waals surface area contributed by atoms with Gasteiger partial charge in [0, 0.05) is 17.2 Å². The topological polar surface area (TPSA) is 76.1 Å². The summed E-state index contributed by atoms with van der Waals surface area (Å²) in [4.78, 5) is 27.5. The number of carboxylic acids is 1. The van der Waals surface area contributed by atoms with E-state index < -0.39 is 33.7 Å². The molecule has 2 aromatic carbocycles. The second kappa shape index (κ2) is 9.26. The van der Waals surface area contributed by atoms with Crippen molar-refractivity contribution in [2.24, 2.45) is 5.92 Å². The number of hydrogen-bond donors (Lipinski definition) is 1. The van der Waals surface area contributed by atoms with Crippen LogP contribution in [0.4, 0.5) is 18.9 Å². The SMILES string of the molecule is COc1ccc([C@H]2[C@H](C(=O)O)C3(CC(=O)N2c2ccc(C(F)(F)F)cc2)SCCS3)cc1OC. The fourth-order valence-corrected chi connectivity index (χ4v) is 7.98. The molecule has 1 amide bonds. The Bertz CT molecular complexity index is 1090.